The first-order chi connectivity index (χ1) is 14.5. The van der Waals surface area contributed by atoms with Gasteiger partial charge in [0.15, 0.2) is 5.79 Å². The van der Waals surface area contributed by atoms with Crippen molar-refractivity contribution in [1.29, 1.82) is 0 Å². The van der Waals surface area contributed by atoms with Crippen molar-refractivity contribution in [1.82, 2.24) is 19.5 Å². The summed E-state index contributed by atoms with van der Waals surface area (Å²) in [6.07, 6.45) is 1.66. The molecule has 0 amide bonds. The van der Waals surface area contributed by atoms with Crippen molar-refractivity contribution in [3.8, 4) is 5.88 Å². The quantitative estimate of drug-likeness (QED) is 0.680. The summed E-state index contributed by atoms with van der Waals surface area (Å²) < 4.78 is 13.4. The molecule has 2 aromatic heterocycles. The number of aromatic hydroxyl groups is 1. The van der Waals surface area contributed by atoms with Gasteiger partial charge >= 0.3 is 0 Å². The Balaban J connectivity index is 1.51. The zero-order valence-corrected chi connectivity index (χ0v) is 18.5. The van der Waals surface area contributed by atoms with Crippen molar-refractivity contribution in [2.24, 2.45) is 0 Å². The molecule has 2 aliphatic rings. The second-order valence-electron chi connectivity index (χ2n) is 8.51. The molecule has 1 aromatic carbocycles. The van der Waals surface area contributed by atoms with Crippen molar-refractivity contribution in [2.45, 2.75) is 51.4 Å². The van der Waals surface area contributed by atoms with Crippen molar-refractivity contribution in [3.63, 3.8) is 0 Å². The largest absolute Gasteiger partial charge is 0.492 e. The topological polar surface area (TPSA) is 72.1 Å². The third-order valence-corrected chi connectivity index (χ3v) is 7.28. The fraction of sp³-hybridized carbons (Fsp3) is 0.545. The molecule has 5 rings (SSSR count). The fourth-order valence-corrected chi connectivity index (χ4v) is 5.69. The number of thiazole rings is 1. The van der Waals surface area contributed by atoms with Crippen LogP contribution in [-0.4, -0.2) is 56.7 Å². The molecule has 2 saturated heterocycles. The van der Waals surface area contributed by atoms with E-state index in [9.17, 15) is 5.11 Å². The third-order valence-electron chi connectivity index (χ3n) is 6.21. The molecular weight excluding hydrogens is 400 g/mol. The molecule has 2 aliphatic heterocycles. The second-order valence-corrected chi connectivity index (χ2v) is 9.52. The van der Waals surface area contributed by atoms with Crippen molar-refractivity contribution in [2.75, 3.05) is 26.3 Å². The highest BCUT2D eigenvalue weighted by atomic mass is 32.1. The van der Waals surface area contributed by atoms with Crippen molar-refractivity contribution >= 4 is 16.3 Å². The van der Waals surface area contributed by atoms with Crippen LogP contribution in [0.5, 0.6) is 5.88 Å². The van der Waals surface area contributed by atoms with Gasteiger partial charge in [-0.1, -0.05) is 49.4 Å². The van der Waals surface area contributed by atoms with Crippen LogP contribution >= 0.6 is 11.3 Å². The predicted octanol–water partition coefficient (Wildman–Crippen LogP) is 3.86. The van der Waals surface area contributed by atoms with Gasteiger partial charge < -0.3 is 14.6 Å². The Morgan fingerprint density at radius 1 is 1.07 bits per heavy atom. The molecule has 1 unspecified atom stereocenters. The Hall–Kier alpha value is -2.00. The van der Waals surface area contributed by atoms with Crippen LogP contribution in [0.4, 0.5) is 0 Å². The average Bonchev–Trinajstić information content (AvgIpc) is 3.42. The lowest BCUT2D eigenvalue weighted by Gasteiger charge is -2.41. The van der Waals surface area contributed by atoms with Gasteiger partial charge in [-0.15, -0.1) is 5.10 Å². The maximum atomic E-state index is 11.0. The highest BCUT2D eigenvalue weighted by Crippen LogP contribution is 2.43. The summed E-state index contributed by atoms with van der Waals surface area (Å²) in [5.41, 5.74) is 2.48. The molecule has 7 nitrogen and oxygen atoms in total. The highest BCUT2D eigenvalue weighted by Gasteiger charge is 2.42. The Morgan fingerprint density at radius 3 is 2.30 bits per heavy atom. The van der Waals surface area contributed by atoms with Gasteiger partial charge in [0.2, 0.25) is 10.8 Å². The van der Waals surface area contributed by atoms with Crippen LogP contribution in [0.15, 0.2) is 24.3 Å². The summed E-state index contributed by atoms with van der Waals surface area (Å²) in [6.45, 7) is 9.26. The molecule has 0 bridgehead atoms. The van der Waals surface area contributed by atoms with E-state index in [-0.39, 0.29) is 11.9 Å². The van der Waals surface area contributed by atoms with Crippen LogP contribution in [0.1, 0.15) is 60.5 Å². The van der Waals surface area contributed by atoms with Gasteiger partial charge in [0.25, 0.3) is 0 Å². The number of nitrogens with zero attached hydrogens (tertiary/aromatic N) is 4. The van der Waals surface area contributed by atoms with E-state index in [4.69, 9.17) is 9.47 Å². The maximum absolute atomic E-state index is 11.0. The number of rotatable bonds is 4. The lowest BCUT2D eigenvalue weighted by Crippen LogP contribution is -2.46. The Bertz CT molecular complexity index is 1030. The molecule has 0 saturated carbocycles. The Kier molecular flexibility index (Phi) is 5.05. The van der Waals surface area contributed by atoms with Gasteiger partial charge in [-0.3, -0.25) is 4.90 Å². The second kappa shape index (κ2) is 7.60. The van der Waals surface area contributed by atoms with E-state index in [0.717, 1.165) is 35.8 Å². The summed E-state index contributed by atoms with van der Waals surface area (Å²) in [5.74, 6) is 0.904. The van der Waals surface area contributed by atoms with E-state index in [0.29, 0.717) is 25.0 Å². The van der Waals surface area contributed by atoms with E-state index in [2.05, 4.69) is 53.1 Å². The van der Waals surface area contributed by atoms with Gasteiger partial charge in [-0.05, 0) is 24.0 Å². The molecule has 3 aromatic rings. The van der Waals surface area contributed by atoms with E-state index in [1.54, 1.807) is 4.52 Å². The zero-order valence-electron chi connectivity index (χ0n) is 17.7. The number of ether oxygens (including phenoxy) is 2. The Morgan fingerprint density at radius 2 is 1.70 bits per heavy atom. The minimum Gasteiger partial charge on any atom is -0.492 e. The molecule has 160 valence electrons. The van der Waals surface area contributed by atoms with Gasteiger partial charge in [0.05, 0.1) is 24.1 Å². The number of aromatic nitrogens is 3. The lowest BCUT2D eigenvalue weighted by atomic mass is 9.95. The third kappa shape index (κ3) is 3.41. The first-order valence-corrected chi connectivity index (χ1v) is 11.4. The summed E-state index contributed by atoms with van der Waals surface area (Å²) in [5, 5.41) is 15.4. The normalized spacial score (nSPS) is 20.5. The number of piperidine rings is 1. The molecule has 30 heavy (non-hydrogen) atoms. The lowest BCUT2D eigenvalue weighted by molar-refractivity contribution is -0.187. The SMILES string of the molecule is Cc1nc2sc(C(c3ccc(C(C)C)cc3)N3CCC4(CC3)OCCO4)c(O)n2n1. The zero-order chi connectivity index (χ0) is 20.9. The molecule has 1 atom stereocenters. The van der Waals surface area contributed by atoms with Crippen LogP contribution in [0, 0.1) is 6.92 Å². The van der Waals surface area contributed by atoms with Gasteiger partial charge in [0, 0.05) is 25.9 Å². The first-order valence-electron chi connectivity index (χ1n) is 10.6. The number of aryl methyl sites for hydroxylation is 1. The number of benzene rings is 1. The molecule has 2 fully saturated rings. The van der Waals surface area contributed by atoms with E-state index in [1.165, 1.54) is 22.5 Å². The van der Waals surface area contributed by atoms with Crippen LogP contribution in [0.25, 0.3) is 4.96 Å². The number of fused-ring (bicyclic) bond motifs is 1. The minimum atomic E-state index is -0.423. The molecule has 8 heteroatoms. The molecule has 4 heterocycles. The number of hydrogen-bond acceptors (Lipinski definition) is 7. The van der Waals surface area contributed by atoms with E-state index in [1.807, 2.05) is 6.92 Å². The summed E-state index contributed by atoms with van der Waals surface area (Å²) in [7, 11) is 0. The Labute approximate surface area is 180 Å². The van der Waals surface area contributed by atoms with Crippen LogP contribution < -0.4 is 0 Å². The minimum absolute atomic E-state index is 0.0567. The van der Waals surface area contributed by atoms with Gasteiger partial charge in [-0.25, -0.2) is 4.98 Å². The van der Waals surface area contributed by atoms with Crippen molar-refractivity contribution < 1.29 is 14.6 Å². The standard InChI is InChI=1S/C22H28N4O3S/c1-14(2)16-4-6-17(7-5-16)18(19-20(27)26-21(30-19)23-15(3)24-26)25-10-8-22(9-11-25)28-12-13-29-22/h4-7,14,18,27H,8-13H2,1-3H3. The number of likely N-dealkylation sites (tertiary alicyclic amines) is 1. The van der Waals surface area contributed by atoms with Crippen LogP contribution in [-0.2, 0) is 9.47 Å². The maximum Gasteiger partial charge on any atom is 0.230 e. The van der Waals surface area contributed by atoms with E-state index < -0.39 is 5.79 Å². The monoisotopic (exact) mass is 428 g/mol. The van der Waals surface area contributed by atoms with Gasteiger partial charge in [-0.2, -0.15) is 4.52 Å². The summed E-state index contributed by atoms with van der Waals surface area (Å²) >= 11 is 1.51. The van der Waals surface area contributed by atoms with E-state index >= 15 is 0 Å². The number of hydrogen-bond donors (Lipinski definition) is 1. The smallest absolute Gasteiger partial charge is 0.230 e. The van der Waals surface area contributed by atoms with Crippen LogP contribution in [0.2, 0.25) is 0 Å². The highest BCUT2D eigenvalue weighted by molar-refractivity contribution is 7.17. The first kappa shape index (κ1) is 19.9. The molecule has 0 radical (unpaired) electrons. The van der Waals surface area contributed by atoms with Crippen molar-refractivity contribution in [3.05, 3.63) is 46.1 Å². The van der Waals surface area contributed by atoms with Gasteiger partial charge in [0.1, 0.15) is 5.82 Å². The summed E-state index contributed by atoms with van der Waals surface area (Å²) in [6, 6.07) is 8.71. The summed E-state index contributed by atoms with van der Waals surface area (Å²) in [4.78, 5) is 8.48. The molecule has 1 spiro atoms. The fourth-order valence-electron chi connectivity index (χ4n) is 4.53. The molecule has 1 N–H and O–H groups in total. The average molecular weight is 429 g/mol. The molecule has 0 aliphatic carbocycles. The predicted molar refractivity (Wildman–Crippen MR) is 115 cm³/mol. The van der Waals surface area contributed by atoms with Crippen LogP contribution in [0.3, 0.4) is 0 Å². The molecular formula is C22H28N4O3S.